The molecule has 0 aliphatic carbocycles. The Hall–Kier alpha value is -1.26. The van der Waals surface area contributed by atoms with Crippen molar-refractivity contribution in [3.8, 4) is 11.3 Å². The number of benzene rings is 1. The minimum atomic E-state index is 0.991. The number of aromatic nitrogens is 2. The molecule has 0 atom stereocenters. The van der Waals surface area contributed by atoms with Crippen LogP contribution in [-0.4, -0.2) is 9.97 Å². The zero-order valence-corrected chi connectivity index (χ0v) is 10.6. The Morgan fingerprint density at radius 2 is 1.88 bits per heavy atom. The van der Waals surface area contributed by atoms with Crippen LogP contribution in [0.1, 0.15) is 0 Å². The smallest absolute Gasteiger partial charge is 0.116 e. The largest absolute Gasteiger partial charge is 0.235 e. The summed E-state index contributed by atoms with van der Waals surface area (Å²) in [5.74, 6) is 0. The number of fused-ring (bicyclic) bond motifs is 1. The summed E-state index contributed by atoms with van der Waals surface area (Å²) in [4.78, 5) is 8.63. The van der Waals surface area contributed by atoms with Gasteiger partial charge in [-0.15, -0.1) is 11.3 Å². The molecule has 2 nitrogen and oxygen atoms in total. The highest BCUT2D eigenvalue weighted by molar-refractivity contribution is 9.11. The third-order valence-corrected chi connectivity index (χ3v) is 3.96. The number of rotatable bonds is 1. The van der Waals surface area contributed by atoms with E-state index in [9.17, 15) is 0 Å². The molecular formula is C12H7BrN2S. The van der Waals surface area contributed by atoms with Gasteiger partial charge in [-0.1, -0.05) is 30.3 Å². The number of hydrogen-bond acceptors (Lipinski definition) is 3. The number of nitrogens with zero attached hydrogens (tertiary/aromatic N) is 2. The summed E-state index contributed by atoms with van der Waals surface area (Å²) in [7, 11) is 0. The Labute approximate surface area is 105 Å². The topological polar surface area (TPSA) is 25.8 Å². The van der Waals surface area contributed by atoms with Crippen molar-refractivity contribution in [1.29, 1.82) is 0 Å². The van der Waals surface area contributed by atoms with E-state index in [1.165, 1.54) is 0 Å². The molecule has 0 N–H and O–H groups in total. The van der Waals surface area contributed by atoms with Crippen LogP contribution in [0.4, 0.5) is 0 Å². The summed E-state index contributed by atoms with van der Waals surface area (Å²) in [5, 5.41) is 0. The Morgan fingerprint density at radius 3 is 2.69 bits per heavy atom. The van der Waals surface area contributed by atoms with Gasteiger partial charge in [-0.2, -0.15) is 0 Å². The van der Waals surface area contributed by atoms with Crippen LogP contribution in [-0.2, 0) is 0 Å². The van der Waals surface area contributed by atoms with Gasteiger partial charge in [0.15, 0.2) is 0 Å². The lowest BCUT2D eigenvalue weighted by molar-refractivity contribution is 1.23. The Morgan fingerprint density at radius 1 is 1.06 bits per heavy atom. The van der Waals surface area contributed by atoms with E-state index in [1.54, 1.807) is 17.7 Å². The first-order chi connectivity index (χ1) is 7.84. The van der Waals surface area contributed by atoms with Crippen molar-refractivity contribution in [1.82, 2.24) is 9.97 Å². The summed E-state index contributed by atoms with van der Waals surface area (Å²) >= 11 is 5.15. The molecule has 0 fully saturated rings. The second kappa shape index (κ2) is 3.96. The molecule has 2 heterocycles. The molecule has 4 heteroatoms. The van der Waals surface area contributed by atoms with Crippen LogP contribution < -0.4 is 0 Å². The van der Waals surface area contributed by atoms with E-state index >= 15 is 0 Å². The molecule has 3 rings (SSSR count). The van der Waals surface area contributed by atoms with E-state index in [2.05, 4.69) is 38.0 Å². The first kappa shape index (κ1) is 9.93. The monoisotopic (exact) mass is 290 g/mol. The molecule has 0 amide bonds. The van der Waals surface area contributed by atoms with E-state index in [-0.39, 0.29) is 0 Å². The summed E-state index contributed by atoms with van der Waals surface area (Å²) in [6.07, 6.45) is 1.61. The molecule has 0 aliphatic rings. The lowest BCUT2D eigenvalue weighted by Crippen LogP contribution is -1.84. The van der Waals surface area contributed by atoms with Crippen LogP contribution >= 0.6 is 27.3 Å². The van der Waals surface area contributed by atoms with Gasteiger partial charge in [0.05, 0.1) is 19.7 Å². The Bertz CT molecular complexity index is 634. The van der Waals surface area contributed by atoms with E-state index in [0.29, 0.717) is 0 Å². The lowest BCUT2D eigenvalue weighted by Gasteiger charge is -2.00. The highest BCUT2D eigenvalue weighted by atomic mass is 79.9. The molecule has 0 spiro atoms. The lowest BCUT2D eigenvalue weighted by atomic mass is 10.1. The quantitative estimate of drug-likeness (QED) is 0.674. The Kier molecular flexibility index (Phi) is 2.46. The van der Waals surface area contributed by atoms with E-state index in [0.717, 1.165) is 25.3 Å². The maximum Gasteiger partial charge on any atom is 0.116 e. The van der Waals surface area contributed by atoms with Crippen molar-refractivity contribution in [2.45, 2.75) is 0 Å². The second-order valence-electron chi connectivity index (χ2n) is 3.35. The zero-order valence-electron chi connectivity index (χ0n) is 8.22. The molecule has 0 aliphatic heterocycles. The minimum absolute atomic E-state index is 0.991. The predicted molar refractivity (Wildman–Crippen MR) is 70.6 cm³/mol. The summed E-state index contributed by atoms with van der Waals surface area (Å²) in [6, 6.07) is 12.2. The summed E-state index contributed by atoms with van der Waals surface area (Å²) in [6.45, 7) is 0. The molecule has 0 saturated carbocycles. The normalized spacial score (nSPS) is 10.8. The van der Waals surface area contributed by atoms with Gasteiger partial charge in [0, 0.05) is 5.56 Å². The van der Waals surface area contributed by atoms with Gasteiger partial charge in [-0.25, -0.2) is 9.97 Å². The molecule has 0 unspecified atom stereocenters. The van der Waals surface area contributed by atoms with Crippen molar-refractivity contribution in [2.24, 2.45) is 0 Å². The summed E-state index contributed by atoms with van der Waals surface area (Å²) in [5.41, 5.74) is 3.12. The van der Waals surface area contributed by atoms with Gasteiger partial charge in [0.25, 0.3) is 0 Å². The fraction of sp³-hybridized carbons (Fsp3) is 0. The van der Waals surface area contributed by atoms with Gasteiger partial charge in [0.1, 0.15) is 6.33 Å². The van der Waals surface area contributed by atoms with Crippen LogP contribution in [0.5, 0.6) is 0 Å². The van der Waals surface area contributed by atoms with Crippen molar-refractivity contribution < 1.29 is 0 Å². The van der Waals surface area contributed by atoms with Crippen molar-refractivity contribution in [3.63, 3.8) is 0 Å². The molecule has 2 aromatic heterocycles. The molecule has 0 saturated heterocycles. The summed E-state index contributed by atoms with van der Waals surface area (Å²) < 4.78 is 2.21. The molecule has 16 heavy (non-hydrogen) atoms. The third-order valence-electron chi connectivity index (χ3n) is 2.33. The van der Waals surface area contributed by atoms with Crippen LogP contribution in [0.25, 0.3) is 21.5 Å². The number of thiophene rings is 1. The number of halogens is 1. The predicted octanol–water partition coefficient (Wildman–Crippen LogP) is 4.12. The van der Waals surface area contributed by atoms with Gasteiger partial charge in [0.2, 0.25) is 0 Å². The van der Waals surface area contributed by atoms with E-state index in [1.807, 2.05) is 24.3 Å². The van der Waals surface area contributed by atoms with Gasteiger partial charge in [-0.05, 0) is 22.0 Å². The zero-order chi connectivity index (χ0) is 11.0. The molecular weight excluding hydrogens is 284 g/mol. The minimum Gasteiger partial charge on any atom is -0.235 e. The van der Waals surface area contributed by atoms with E-state index < -0.39 is 0 Å². The Balaban J connectivity index is 2.31. The second-order valence-corrected chi connectivity index (χ2v) is 5.78. The van der Waals surface area contributed by atoms with E-state index in [4.69, 9.17) is 0 Å². The van der Waals surface area contributed by atoms with Crippen molar-refractivity contribution >= 4 is 37.5 Å². The van der Waals surface area contributed by atoms with Crippen LogP contribution in [0.15, 0.2) is 46.5 Å². The van der Waals surface area contributed by atoms with Crippen LogP contribution in [0.2, 0.25) is 0 Å². The van der Waals surface area contributed by atoms with Crippen molar-refractivity contribution in [2.75, 3.05) is 0 Å². The van der Waals surface area contributed by atoms with Gasteiger partial charge < -0.3 is 0 Å². The molecule has 3 aromatic rings. The highest BCUT2D eigenvalue weighted by Gasteiger charge is 2.08. The molecule has 1 aromatic carbocycles. The fourth-order valence-corrected chi connectivity index (χ4v) is 3.18. The number of hydrogen-bond donors (Lipinski definition) is 0. The van der Waals surface area contributed by atoms with Gasteiger partial charge >= 0.3 is 0 Å². The first-order valence-electron chi connectivity index (χ1n) is 4.80. The fourth-order valence-electron chi connectivity index (χ4n) is 1.63. The van der Waals surface area contributed by atoms with Crippen molar-refractivity contribution in [3.05, 3.63) is 46.5 Å². The molecule has 78 valence electrons. The maximum absolute atomic E-state index is 4.37. The average Bonchev–Trinajstić information content (AvgIpc) is 2.70. The standard InChI is InChI=1S/C12H7BrN2S/c13-10-6-9-12(16-10)11(15-7-14-9)8-4-2-1-3-5-8/h1-7H. The van der Waals surface area contributed by atoms with Gasteiger partial charge in [-0.3, -0.25) is 0 Å². The molecule has 0 bridgehead atoms. The third kappa shape index (κ3) is 1.64. The maximum atomic E-state index is 4.37. The van der Waals surface area contributed by atoms with Crippen LogP contribution in [0.3, 0.4) is 0 Å². The van der Waals surface area contributed by atoms with Crippen LogP contribution in [0, 0.1) is 0 Å². The SMILES string of the molecule is Brc1cc2ncnc(-c3ccccc3)c2s1. The first-order valence-corrected chi connectivity index (χ1v) is 6.41. The molecule has 0 radical (unpaired) electrons. The average molecular weight is 291 g/mol. The highest BCUT2D eigenvalue weighted by Crippen LogP contribution is 2.34.